The molecule has 1 nitrogen and oxygen atoms in total. The fourth-order valence-corrected chi connectivity index (χ4v) is 4.97. The Kier molecular flexibility index (Phi) is 5.45. The molecule has 1 N–H and O–H groups in total. The van der Waals surface area contributed by atoms with Crippen LogP contribution in [0.4, 0.5) is 0 Å². The van der Waals surface area contributed by atoms with Gasteiger partial charge in [-0.25, -0.2) is 4.89 Å². The molecule has 0 aliphatic rings. The van der Waals surface area contributed by atoms with Crippen LogP contribution in [-0.2, 0) is 16.2 Å². The number of halogens is 2. The summed E-state index contributed by atoms with van der Waals surface area (Å²) >= 11 is 12.6. The van der Waals surface area contributed by atoms with E-state index in [1.807, 2.05) is 0 Å². The van der Waals surface area contributed by atoms with Gasteiger partial charge in [-0.05, 0) is 21.8 Å². The van der Waals surface area contributed by atoms with Crippen molar-refractivity contribution in [2.75, 3.05) is 0 Å². The first-order valence-corrected chi connectivity index (χ1v) is 11.2. The first-order chi connectivity index (χ1) is 9.45. The maximum atomic E-state index is 10.5. The molecule has 0 spiro atoms. The second-order valence-electron chi connectivity index (χ2n) is 9.15. The molecular weight excluding hydrogens is 334 g/mol. The van der Waals surface area contributed by atoms with Crippen LogP contribution in [0.2, 0.25) is 0 Å². The predicted molar refractivity (Wildman–Crippen MR) is 103 cm³/mol. The smallest absolute Gasteiger partial charge is 0.210 e. The summed E-state index contributed by atoms with van der Waals surface area (Å²) in [5, 5.41) is 0.740. The molecule has 126 valence electrons. The number of benzene rings is 1. The van der Waals surface area contributed by atoms with Crippen molar-refractivity contribution >= 4 is 34.0 Å². The van der Waals surface area contributed by atoms with Crippen LogP contribution in [0.15, 0.2) is 12.1 Å². The maximum Gasteiger partial charge on any atom is 0.369 e. The van der Waals surface area contributed by atoms with E-state index in [0.29, 0.717) is 0 Å². The highest BCUT2D eigenvalue weighted by atomic mass is 35.9. The Labute approximate surface area is 146 Å². The summed E-state index contributed by atoms with van der Waals surface area (Å²) in [6.45, 7) is 19.4. The molecule has 4 heteroatoms. The molecule has 0 saturated heterocycles. The van der Waals surface area contributed by atoms with Gasteiger partial charge in [0.2, 0.25) is 0 Å². The molecule has 0 saturated carbocycles. The van der Waals surface area contributed by atoms with Gasteiger partial charge in [0, 0.05) is 11.1 Å². The Morgan fingerprint density at radius 3 is 1.23 bits per heavy atom. The molecule has 0 atom stereocenters. The molecule has 0 heterocycles. The predicted octanol–water partition coefficient (Wildman–Crippen LogP) is 6.44. The Morgan fingerprint density at radius 2 is 1.05 bits per heavy atom. The third-order valence-corrected chi connectivity index (χ3v) is 5.90. The second-order valence-corrected chi connectivity index (χ2v) is 14.0. The minimum Gasteiger partial charge on any atom is -0.210 e. The summed E-state index contributed by atoms with van der Waals surface area (Å²) < 4.78 is 0. The van der Waals surface area contributed by atoms with E-state index in [4.69, 9.17) is 22.5 Å². The molecule has 0 aliphatic heterocycles. The molecule has 0 aliphatic carbocycles. The highest BCUT2D eigenvalue weighted by Crippen LogP contribution is 2.66. The SMILES string of the molecule is CC(C)(C)c1cc(C(C)(C)C)c([P+](O)(Cl)Cl)c(C(C)(C)C)c1. The van der Waals surface area contributed by atoms with Gasteiger partial charge in [-0.2, -0.15) is 0 Å². The molecule has 0 amide bonds. The summed E-state index contributed by atoms with van der Waals surface area (Å²) in [5.41, 5.74) is 3.07. The zero-order chi connectivity index (χ0) is 17.7. The zero-order valence-corrected chi connectivity index (χ0v) is 17.7. The number of hydrogen-bond donors (Lipinski definition) is 1. The van der Waals surface area contributed by atoms with Gasteiger partial charge in [0.05, 0.1) is 0 Å². The summed E-state index contributed by atoms with van der Waals surface area (Å²) in [6.07, 6.45) is -3.16. The second kappa shape index (κ2) is 5.92. The maximum absolute atomic E-state index is 10.5. The van der Waals surface area contributed by atoms with Gasteiger partial charge in [-0.1, -0.05) is 74.4 Å². The molecule has 0 aromatic heterocycles. The van der Waals surface area contributed by atoms with Crippen LogP contribution in [0.25, 0.3) is 0 Å². The van der Waals surface area contributed by atoms with Gasteiger partial charge >= 0.3 is 6.19 Å². The van der Waals surface area contributed by atoms with Gasteiger partial charge < -0.3 is 0 Å². The zero-order valence-electron chi connectivity index (χ0n) is 15.3. The molecule has 0 unspecified atom stereocenters. The fraction of sp³-hybridized carbons (Fsp3) is 0.667. The number of hydrogen-bond acceptors (Lipinski definition) is 1. The van der Waals surface area contributed by atoms with Gasteiger partial charge in [0.25, 0.3) is 0 Å². The summed E-state index contributed by atoms with van der Waals surface area (Å²) in [6, 6.07) is 4.33. The van der Waals surface area contributed by atoms with E-state index in [1.54, 1.807) is 0 Å². The summed E-state index contributed by atoms with van der Waals surface area (Å²) in [5.74, 6) is 0. The van der Waals surface area contributed by atoms with E-state index in [0.717, 1.165) is 16.4 Å². The van der Waals surface area contributed by atoms with Crippen molar-refractivity contribution in [1.29, 1.82) is 0 Å². The topological polar surface area (TPSA) is 20.2 Å². The lowest BCUT2D eigenvalue weighted by molar-refractivity contribution is 0.551. The standard InChI is InChI=1S/C18H30Cl2OP/c1-16(2,3)12-10-13(17(4,5)6)15(22(19,20)21)14(11-12)18(7,8)9/h10-11,21H,1-9H3/q+1. The van der Waals surface area contributed by atoms with Crippen LogP contribution >= 0.6 is 28.7 Å². The number of rotatable bonds is 1. The van der Waals surface area contributed by atoms with Crippen LogP contribution in [0.1, 0.15) is 79.0 Å². The van der Waals surface area contributed by atoms with Crippen LogP contribution in [0.3, 0.4) is 0 Å². The molecule has 1 aromatic rings. The lowest BCUT2D eigenvalue weighted by atomic mass is 9.75. The third-order valence-electron chi connectivity index (χ3n) is 3.86. The minimum absolute atomic E-state index is 0.0215. The van der Waals surface area contributed by atoms with Crippen molar-refractivity contribution in [2.45, 2.75) is 78.6 Å². The fourth-order valence-electron chi connectivity index (χ4n) is 2.50. The van der Waals surface area contributed by atoms with Crippen LogP contribution in [-0.4, -0.2) is 4.89 Å². The van der Waals surface area contributed by atoms with E-state index in [1.165, 1.54) is 5.56 Å². The van der Waals surface area contributed by atoms with Crippen LogP contribution < -0.4 is 5.30 Å². The lowest BCUT2D eigenvalue weighted by Crippen LogP contribution is -2.32. The Balaban J connectivity index is 3.96. The molecule has 0 radical (unpaired) electrons. The van der Waals surface area contributed by atoms with Crippen LogP contribution in [0, 0.1) is 0 Å². The van der Waals surface area contributed by atoms with E-state index in [-0.39, 0.29) is 16.2 Å². The van der Waals surface area contributed by atoms with E-state index < -0.39 is 6.19 Å². The molecule has 22 heavy (non-hydrogen) atoms. The monoisotopic (exact) mass is 363 g/mol. The van der Waals surface area contributed by atoms with Gasteiger partial charge in [0.15, 0.2) is 5.30 Å². The van der Waals surface area contributed by atoms with E-state index >= 15 is 0 Å². The molecule has 1 aromatic carbocycles. The van der Waals surface area contributed by atoms with Gasteiger partial charge in [-0.3, -0.25) is 0 Å². The normalized spacial score (nSPS) is 14.4. The average molecular weight is 364 g/mol. The van der Waals surface area contributed by atoms with Gasteiger partial charge in [0.1, 0.15) is 22.5 Å². The summed E-state index contributed by atoms with van der Waals surface area (Å²) in [7, 11) is 0. The largest absolute Gasteiger partial charge is 0.369 e. The Hall–Kier alpha value is 0.190. The summed E-state index contributed by atoms with van der Waals surface area (Å²) in [4.78, 5) is 10.5. The van der Waals surface area contributed by atoms with Crippen molar-refractivity contribution in [1.82, 2.24) is 0 Å². The van der Waals surface area contributed by atoms with Crippen LogP contribution in [0.5, 0.6) is 0 Å². The molecule has 0 bridgehead atoms. The first-order valence-electron chi connectivity index (χ1n) is 7.67. The van der Waals surface area contributed by atoms with E-state index in [2.05, 4.69) is 74.4 Å². The van der Waals surface area contributed by atoms with Crippen molar-refractivity contribution < 1.29 is 4.89 Å². The van der Waals surface area contributed by atoms with Crippen molar-refractivity contribution in [2.24, 2.45) is 0 Å². The minimum atomic E-state index is -3.16. The highest BCUT2D eigenvalue weighted by Gasteiger charge is 2.45. The molecule has 1 rings (SSSR count). The van der Waals surface area contributed by atoms with Crippen molar-refractivity contribution in [3.63, 3.8) is 0 Å². The quantitative estimate of drug-likeness (QED) is 0.569. The third kappa shape index (κ3) is 4.60. The molecular formula is C18H30Cl2OP+. The highest BCUT2D eigenvalue weighted by molar-refractivity contribution is 8.18. The average Bonchev–Trinajstić information content (AvgIpc) is 2.22. The lowest BCUT2D eigenvalue weighted by Gasteiger charge is -2.32. The van der Waals surface area contributed by atoms with Gasteiger partial charge in [-0.15, -0.1) is 0 Å². The van der Waals surface area contributed by atoms with Crippen molar-refractivity contribution in [3.8, 4) is 0 Å². The Bertz CT molecular complexity index is 517. The van der Waals surface area contributed by atoms with E-state index in [9.17, 15) is 4.89 Å². The Morgan fingerprint density at radius 1 is 0.727 bits per heavy atom. The molecule has 0 fully saturated rings. The van der Waals surface area contributed by atoms with Crippen molar-refractivity contribution in [3.05, 3.63) is 28.8 Å². The first kappa shape index (κ1) is 20.2.